The molecule has 9 heteroatoms. The van der Waals surface area contributed by atoms with E-state index in [-0.39, 0.29) is 16.6 Å². The summed E-state index contributed by atoms with van der Waals surface area (Å²) >= 11 is 6.11. The van der Waals surface area contributed by atoms with Crippen molar-refractivity contribution >= 4 is 27.6 Å². The Labute approximate surface area is 149 Å². The van der Waals surface area contributed by atoms with E-state index in [0.717, 1.165) is 4.31 Å². The first kappa shape index (κ1) is 20.9. The summed E-state index contributed by atoms with van der Waals surface area (Å²) in [7, 11) is -2.42. The van der Waals surface area contributed by atoms with Gasteiger partial charge in [0.2, 0.25) is 10.0 Å². The number of carbonyl (C=O) groups is 1. The molecule has 0 radical (unpaired) electrons. The molecule has 0 N–H and O–H groups in total. The third kappa shape index (κ3) is 4.70. The predicted molar refractivity (Wildman–Crippen MR) is 92.4 cm³/mol. The maximum absolute atomic E-state index is 13.1. The van der Waals surface area contributed by atoms with Crippen molar-refractivity contribution in [2.24, 2.45) is 7.05 Å². The molecule has 1 aromatic rings. The average Bonchev–Trinajstić information content (AvgIpc) is 2.66. The molecule has 0 saturated heterocycles. The molecule has 1 rings (SSSR count). The fraction of sp³-hybridized carbons (Fsp3) is 0.733. The maximum Gasteiger partial charge on any atom is 0.321 e. The van der Waals surface area contributed by atoms with Gasteiger partial charge in [-0.05, 0) is 41.0 Å². The van der Waals surface area contributed by atoms with E-state index in [1.54, 1.807) is 41.7 Å². The van der Waals surface area contributed by atoms with E-state index in [2.05, 4.69) is 5.10 Å². The Morgan fingerprint density at radius 2 is 1.96 bits per heavy atom. The van der Waals surface area contributed by atoms with Crippen molar-refractivity contribution in [3.8, 4) is 0 Å². The number of sulfonamides is 1. The summed E-state index contributed by atoms with van der Waals surface area (Å²) in [6, 6.07) is -0.391. The van der Waals surface area contributed by atoms with Crippen LogP contribution in [0.1, 0.15) is 46.7 Å². The average molecular weight is 380 g/mol. The van der Waals surface area contributed by atoms with Gasteiger partial charge in [0, 0.05) is 13.1 Å². The molecule has 1 atom stereocenters. The van der Waals surface area contributed by atoms with E-state index in [9.17, 15) is 13.2 Å². The van der Waals surface area contributed by atoms with Gasteiger partial charge in [0.15, 0.2) is 0 Å². The van der Waals surface area contributed by atoms with Gasteiger partial charge in [-0.25, -0.2) is 8.42 Å². The maximum atomic E-state index is 13.1. The van der Waals surface area contributed by atoms with Crippen LogP contribution in [0.4, 0.5) is 0 Å². The standard InChI is InChI=1S/C15H26ClN3O4S/c1-8-10(2)19(9-12(20)23-15(4,5)6)24(21,22)13-11(3)17-18(7)14(13)16/h10H,8-9H2,1-7H3/t10-/m1/s1. The lowest BCUT2D eigenvalue weighted by Crippen LogP contribution is -2.43. The summed E-state index contributed by atoms with van der Waals surface area (Å²) in [6.07, 6.45) is 0.541. The Kier molecular flexibility index (Phi) is 6.46. The Morgan fingerprint density at radius 1 is 1.42 bits per heavy atom. The number of carbonyl (C=O) groups excluding carboxylic acids is 1. The number of aryl methyl sites for hydroxylation is 2. The van der Waals surface area contributed by atoms with Crippen LogP contribution in [0.5, 0.6) is 0 Å². The van der Waals surface area contributed by atoms with Crippen LogP contribution in [-0.4, -0.2) is 46.7 Å². The summed E-state index contributed by atoms with van der Waals surface area (Å²) in [5.41, 5.74) is -0.399. The van der Waals surface area contributed by atoms with Crippen LogP contribution >= 0.6 is 11.6 Å². The number of aromatic nitrogens is 2. The molecule has 0 aromatic carbocycles. The highest BCUT2D eigenvalue weighted by Gasteiger charge is 2.36. The molecule has 0 aliphatic heterocycles. The Hall–Kier alpha value is -1.12. The summed E-state index contributed by atoms with van der Waals surface area (Å²) in [5.74, 6) is -0.607. The van der Waals surface area contributed by atoms with Crippen molar-refractivity contribution in [1.29, 1.82) is 0 Å². The lowest BCUT2D eigenvalue weighted by molar-refractivity contribution is -0.155. The van der Waals surface area contributed by atoms with Gasteiger partial charge in [0.1, 0.15) is 22.2 Å². The summed E-state index contributed by atoms with van der Waals surface area (Å²) in [5, 5.41) is 4.06. The zero-order valence-corrected chi connectivity index (χ0v) is 16.8. The third-order valence-electron chi connectivity index (χ3n) is 3.45. The Balaban J connectivity index is 3.27. The SMILES string of the molecule is CC[C@@H](C)N(CC(=O)OC(C)(C)C)S(=O)(=O)c1c(C)nn(C)c1Cl. The molecule has 0 aliphatic rings. The van der Waals surface area contributed by atoms with E-state index in [0.29, 0.717) is 12.1 Å². The number of hydrogen-bond donors (Lipinski definition) is 0. The van der Waals surface area contributed by atoms with Gasteiger partial charge in [-0.15, -0.1) is 0 Å². The van der Waals surface area contributed by atoms with E-state index >= 15 is 0 Å². The third-order valence-corrected chi connectivity index (χ3v) is 6.11. The molecule has 1 heterocycles. The van der Waals surface area contributed by atoms with Crippen LogP contribution in [0, 0.1) is 6.92 Å². The molecule has 1 aromatic heterocycles. The van der Waals surface area contributed by atoms with Gasteiger partial charge in [0.25, 0.3) is 0 Å². The van der Waals surface area contributed by atoms with Crippen LogP contribution in [-0.2, 0) is 26.6 Å². The van der Waals surface area contributed by atoms with Crippen molar-refractivity contribution in [2.45, 2.75) is 64.5 Å². The number of esters is 1. The lowest BCUT2D eigenvalue weighted by Gasteiger charge is -2.28. The van der Waals surface area contributed by atoms with Crippen molar-refractivity contribution < 1.29 is 17.9 Å². The van der Waals surface area contributed by atoms with Crippen molar-refractivity contribution in [1.82, 2.24) is 14.1 Å². The molecule has 0 saturated carbocycles. The normalized spacial score (nSPS) is 14.0. The summed E-state index contributed by atoms with van der Waals surface area (Å²) in [6.45, 7) is 9.97. The zero-order chi connectivity index (χ0) is 18.9. The molecule has 7 nitrogen and oxygen atoms in total. The fourth-order valence-electron chi connectivity index (χ4n) is 2.20. The number of rotatable bonds is 6. The summed E-state index contributed by atoms with van der Waals surface area (Å²) < 4.78 is 33.8. The first-order valence-electron chi connectivity index (χ1n) is 7.74. The van der Waals surface area contributed by atoms with E-state index in [1.165, 1.54) is 4.68 Å². The van der Waals surface area contributed by atoms with Gasteiger partial charge in [-0.1, -0.05) is 18.5 Å². The molecule has 0 aliphatic carbocycles. The first-order chi connectivity index (χ1) is 10.8. The Bertz CT molecular complexity index is 707. The van der Waals surface area contributed by atoms with E-state index in [4.69, 9.17) is 16.3 Å². The molecule has 138 valence electrons. The van der Waals surface area contributed by atoms with E-state index < -0.39 is 27.6 Å². The van der Waals surface area contributed by atoms with Crippen molar-refractivity contribution in [3.63, 3.8) is 0 Å². The number of ether oxygens (including phenoxy) is 1. The zero-order valence-electron chi connectivity index (χ0n) is 15.3. The quantitative estimate of drug-likeness (QED) is 0.709. The second-order valence-corrected chi connectivity index (χ2v) is 8.91. The van der Waals surface area contributed by atoms with Crippen molar-refractivity contribution in [2.75, 3.05) is 6.54 Å². The van der Waals surface area contributed by atoms with Gasteiger partial charge >= 0.3 is 5.97 Å². The van der Waals surface area contributed by atoms with Crippen LogP contribution < -0.4 is 0 Å². The van der Waals surface area contributed by atoms with Crippen LogP contribution in [0.3, 0.4) is 0 Å². The molecular formula is C15H26ClN3O4S. The van der Waals surface area contributed by atoms with Crippen molar-refractivity contribution in [3.05, 3.63) is 10.8 Å². The minimum absolute atomic E-state index is 0.0185. The highest BCUT2D eigenvalue weighted by Crippen LogP contribution is 2.29. The molecule has 0 bridgehead atoms. The second-order valence-electron chi connectivity index (χ2n) is 6.72. The largest absolute Gasteiger partial charge is 0.459 e. The topological polar surface area (TPSA) is 81.5 Å². The monoisotopic (exact) mass is 379 g/mol. The smallest absolute Gasteiger partial charge is 0.321 e. The van der Waals surface area contributed by atoms with Gasteiger partial charge in [-0.2, -0.15) is 9.40 Å². The van der Waals surface area contributed by atoms with Gasteiger partial charge in [0.05, 0.1) is 5.69 Å². The summed E-state index contributed by atoms with van der Waals surface area (Å²) in [4.78, 5) is 12.1. The highest BCUT2D eigenvalue weighted by atomic mass is 35.5. The predicted octanol–water partition coefficient (Wildman–Crippen LogP) is 2.51. The second kappa shape index (κ2) is 7.41. The molecule has 24 heavy (non-hydrogen) atoms. The van der Waals surface area contributed by atoms with E-state index in [1.807, 2.05) is 6.92 Å². The minimum Gasteiger partial charge on any atom is -0.459 e. The molecule has 0 spiro atoms. The number of hydrogen-bond acceptors (Lipinski definition) is 5. The number of nitrogens with zero attached hydrogens (tertiary/aromatic N) is 3. The van der Waals surface area contributed by atoms with Crippen LogP contribution in [0.15, 0.2) is 4.90 Å². The van der Waals surface area contributed by atoms with Crippen LogP contribution in [0.25, 0.3) is 0 Å². The molecule has 0 fully saturated rings. The Morgan fingerprint density at radius 3 is 2.33 bits per heavy atom. The van der Waals surface area contributed by atoms with Crippen LogP contribution in [0.2, 0.25) is 5.15 Å². The van der Waals surface area contributed by atoms with Gasteiger partial charge in [-0.3, -0.25) is 9.48 Å². The molecule has 0 unspecified atom stereocenters. The fourth-order valence-corrected chi connectivity index (χ4v) is 4.56. The van der Waals surface area contributed by atoms with Gasteiger partial charge < -0.3 is 4.74 Å². The highest BCUT2D eigenvalue weighted by molar-refractivity contribution is 7.89. The molecular weight excluding hydrogens is 354 g/mol. The first-order valence-corrected chi connectivity index (χ1v) is 9.55. The number of halogens is 1. The molecule has 0 amide bonds. The lowest BCUT2D eigenvalue weighted by atomic mass is 10.2. The minimum atomic E-state index is -3.99.